The van der Waals surface area contributed by atoms with E-state index in [0.717, 1.165) is 18.4 Å². The van der Waals surface area contributed by atoms with Crippen LogP contribution >= 0.6 is 0 Å². The Morgan fingerprint density at radius 3 is 2.54 bits per heavy atom. The molecule has 1 aliphatic rings. The van der Waals surface area contributed by atoms with Crippen molar-refractivity contribution in [2.45, 2.75) is 53.4 Å². The molecule has 0 radical (unpaired) electrons. The highest BCUT2D eigenvalue weighted by Crippen LogP contribution is 2.45. The number of Topliss-reactive ketones (excluding diaryl/α,β-unsaturated/α-hetero) is 1. The van der Waals surface area contributed by atoms with Gasteiger partial charge in [-0.1, -0.05) is 45.9 Å². The number of esters is 1. The molecule has 3 heteroatoms. The van der Waals surface area contributed by atoms with Crippen LogP contribution in [0.1, 0.15) is 62.9 Å². The summed E-state index contributed by atoms with van der Waals surface area (Å²) in [7, 11) is 1.37. The van der Waals surface area contributed by atoms with Gasteiger partial charge in [-0.3, -0.25) is 4.79 Å². The van der Waals surface area contributed by atoms with Gasteiger partial charge in [0.15, 0.2) is 0 Å². The van der Waals surface area contributed by atoms with Crippen LogP contribution in [0.3, 0.4) is 0 Å². The van der Waals surface area contributed by atoms with Crippen LogP contribution in [0, 0.1) is 23.2 Å². The highest BCUT2D eigenvalue weighted by Gasteiger charge is 2.39. The molecule has 0 heterocycles. The average Bonchev–Trinajstić information content (AvgIpc) is 2.53. The lowest BCUT2D eigenvalue weighted by Crippen LogP contribution is -2.38. The van der Waals surface area contributed by atoms with Gasteiger partial charge in [0.2, 0.25) is 0 Å². The van der Waals surface area contributed by atoms with Crippen LogP contribution in [0.15, 0.2) is 24.3 Å². The van der Waals surface area contributed by atoms with Gasteiger partial charge in [-0.2, -0.15) is 0 Å². The molecule has 0 amide bonds. The Kier molecular flexibility index (Phi) is 5.84. The number of carbonyl (C=O) groups excluding carboxylic acids is 2. The first-order valence-electron chi connectivity index (χ1n) is 8.94. The van der Waals surface area contributed by atoms with Gasteiger partial charge in [0.25, 0.3) is 0 Å². The minimum absolute atomic E-state index is 0.0828. The smallest absolute Gasteiger partial charge is 0.338 e. The van der Waals surface area contributed by atoms with Crippen LogP contribution in [0.25, 0.3) is 0 Å². The number of methoxy groups -OCH3 is 1. The number of rotatable bonds is 5. The molecule has 2 unspecified atom stereocenters. The molecule has 3 nitrogen and oxygen atoms in total. The molecule has 2 rings (SSSR count). The van der Waals surface area contributed by atoms with E-state index >= 15 is 0 Å². The predicted octanol–water partition coefficient (Wildman–Crippen LogP) is 4.68. The van der Waals surface area contributed by atoms with E-state index in [0.29, 0.717) is 23.8 Å². The fraction of sp³-hybridized carbons (Fsp3) is 0.619. The van der Waals surface area contributed by atoms with Gasteiger partial charge in [0.1, 0.15) is 5.78 Å². The monoisotopic (exact) mass is 330 g/mol. The summed E-state index contributed by atoms with van der Waals surface area (Å²) in [5.41, 5.74) is 1.50. The average molecular weight is 330 g/mol. The van der Waals surface area contributed by atoms with Crippen LogP contribution in [0.4, 0.5) is 0 Å². The predicted molar refractivity (Wildman–Crippen MR) is 95.9 cm³/mol. The highest BCUT2D eigenvalue weighted by molar-refractivity contribution is 5.93. The van der Waals surface area contributed by atoms with Crippen molar-refractivity contribution in [1.82, 2.24) is 0 Å². The van der Waals surface area contributed by atoms with E-state index in [1.807, 2.05) is 12.1 Å². The first-order valence-corrected chi connectivity index (χ1v) is 8.94. The highest BCUT2D eigenvalue weighted by atomic mass is 16.5. The van der Waals surface area contributed by atoms with Crippen LogP contribution < -0.4 is 0 Å². The van der Waals surface area contributed by atoms with Gasteiger partial charge >= 0.3 is 5.97 Å². The number of ether oxygens (including phenoxy) is 1. The van der Waals surface area contributed by atoms with Crippen molar-refractivity contribution >= 4 is 11.8 Å². The third-order valence-corrected chi connectivity index (χ3v) is 5.50. The molecule has 1 aromatic carbocycles. The van der Waals surface area contributed by atoms with E-state index in [9.17, 15) is 9.59 Å². The minimum Gasteiger partial charge on any atom is -0.465 e. The lowest BCUT2D eigenvalue weighted by Gasteiger charge is -2.42. The van der Waals surface area contributed by atoms with Crippen molar-refractivity contribution in [3.05, 3.63) is 35.4 Å². The molecule has 0 saturated heterocycles. The van der Waals surface area contributed by atoms with E-state index in [1.54, 1.807) is 12.1 Å². The normalized spacial score (nSPS) is 23.1. The summed E-state index contributed by atoms with van der Waals surface area (Å²) in [5.74, 6) is 0.918. The maximum atomic E-state index is 13.1. The van der Waals surface area contributed by atoms with Crippen molar-refractivity contribution in [1.29, 1.82) is 0 Å². The summed E-state index contributed by atoms with van der Waals surface area (Å²) in [5, 5.41) is 0. The summed E-state index contributed by atoms with van der Waals surface area (Å²) >= 11 is 0. The molecule has 0 aromatic heterocycles. The molecule has 0 spiro atoms. The first kappa shape index (κ1) is 18.7. The van der Waals surface area contributed by atoms with E-state index in [4.69, 9.17) is 4.74 Å². The zero-order valence-corrected chi connectivity index (χ0v) is 15.6. The first-order chi connectivity index (χ1) is 11.2. The molecule has 0 aliphatic heterocycles. The molecule has 132 valence electrons. The molecular weight excluding hydrogens is 300 g/mol. The van der Waals surface area contributed by atoms with Gasteiger partial charge in [-0.15, -0.1) is 0 Å². The van der Waals surface area contributed by atoms with E-state index in [2.05, 4.69) is 27.7 Å². The lowest BCUT2D eigenvalue weighted by molar-refractivity contribution is -0.127. The Morgan fingerprint density at radius 2 is 1.92 bits per heavy atom. The van der Waals surface area contributed by atoms with Crippen molar-refractivity contribution in [2.24, 2.45) is 23.2 Å². The van der Waals surface area contributed by atoms with Crippen LogP contribution in [-0.2, 0) is 16.0 Å². The molecule has 1 aliphatic carbocycles. The molecular formula is C21H30O3. The number of ketones is 1. The second kappa shape index (κ2) is 7.50. The Hall–Kier alpha value is -1.64. The van der Waals surface area contributed by atoms with Gasteiger partial charge in [-0.25, -0.2) is 4.79 Å². The summed E-state index contributed by atoms with van der Waals surface area (Å²) in [4.78, 5) is 25.0. The quantitative estimate of drug-likeness (QED) is 0.736. The molecule has 1 saturated carbocycles. The largest absolute Gasteiger partial charge is 0.465 e. The van der Waals surface area contributed by atoms with Crippen molar-refractivity contribution in [2.75, 3.05) is 7.11 Å². The van der Waals surface area contributed by atoms with Gasteiger partial charge in [-0.05, 0) is 48.1 Å². The molecule has 1 fully saturated rings. The Balaban J connectivity index is 2.23. The zero-order valence-electron chi connectivity index (χ0n) is 15.6. The van der Waals surface area contributed by atoms with E-state index in [1.165, 1.54) is 13.5 Å². The van der Waals surface area contributed by atoms with Crippen LogP contribution in [0.5, 0.6) is 0 Å². The number of benzene rings is 1. The Morgan fingerprint density at radius 1 is 1.25 bits per heavy atom. The number of carbonyl (C=O) groups is 2. The maximum Gasteiger partial charge on any atom is 0.338 e. The standard InChI is InChI=1S/C21H30O3/c1-14(2)16-10-11-21(3,4)13-18(16)19(22)12-15-8-6-7-9-17(15)20(23)24-5/h6-9,14,16,18H,10-13H2,1-5H3. The van der Waals surface area contributed by atoms with Gasteiger partial charge < -0.3 is 4.74 Å². The second-order valence-corrected chi connectivity index (χ2v) is 8.21. The summed E-state index contributed by atoms with van der Waals surface area (Å²) in [6.45, 7) is 8.94. The fourth-order valence-corrected chi connectivity index (χ4v) is 4.06. The summed E-state index contributed by atoms with van der Waals surface area (Å²) < 4.78 is 4.85. The number of hydrogen-bond donors (Lipinski definition) is 0. The fourth-order valence-electron chi connectivity index (χ4n) is 4.06. The van der Waals surface area contributed by atoms with Crippen LogP contribution in [0.2, 0.25) is 0 Å². The van der Waals surface area contributed by atoms with Gasteiger partial charge in [0, 0.05) is 12.3 Å². The van der Waals surface area contributed by atoms with Crippen molar-refractivity contribution in [3.63, 3.8) is 0 Å². The van der Waals surface area contributed by atoms with E-state index < -0.39 is 0 Å². The molecule has 0 bridgehead atoms. The minimum atomic E-state index is -0.372. The third kappa shape index (κ3) is 4.25. The topological polar surface area (TPSA) is 43.4 Å². The van der Waals surface area contributed by atoms with Crippen molar-refractivity contribution in [3.8, 4) is 0 Å². The summed E-state index contributed by atoms with van der Waals surface area (Å²) in [6.07, 6.45) is 3.54. The van der Waals surface area contributed by atoms with Crippen molar-refractivity contribution < 1.29 is 14.3 Å². The molecule has 24 heavy (non-hydrogen) atoms. The Bertz CT molecular complexity index is 601. The lowest BCUT2D eigenvalue weighted by atomic mass is 9.62. The maximum absolute atomic E-state index is 13.1. The Labute approximate surface area is 145 Å². The SMILES string of the molecule is COC(=O)c1ccccc1CC(=O)C1CC(C)(C)CCC1C(C)C. The summed E-state index contributed by atoms with van der Waals surface area (Å²) in [6, 6.07) is 7.28. The molecule has 1 aromatic rings. The third-order valence-electron chi connectivity index (χ3n) is 5.50. The molecule has 2 atom stereocenters. The van der Waals surface area contributed by atoms with E-state index in [-0.39, 0.29) is 23.1 Å². The van der Waals surface area contributed by atoms with Crippen LogP contribution in [-0.4, -0.2) is 18.9 Å². The number of hydrogen-bond acceptors (Lipinski definition) is 3. The second-order valence-electron chi connectivity index (χ2n) is 8.21. The molecule has 0 N–H and O–H groups in total. The zero-order chi connectivity index (χ0) is 17.9. The van der Waals surface area contributed by atoms with Gasteiger partial charge in [0.05, 0.1) is 12.7 Å².